The average molecular weight is 293 g/mol. The molecule has 7 nitrogen and oxygen atoms in total. The van der Waals surface area contributed by atoms with Crippen molar-refractivity contribution in [2.45, 2.75) is 31.5 Å². The molecule has 114 valence electrons. The predicted octanol–water partition coefficient (Wildman–Crippen LogP) is -0.228. The molecule has 0 bridgehead atoms. The summed E-state index contributed by atoms with van der Waals surface area (Å²) < 4.78 is 5.42. The maximum absolute atomic E-state index is 12.3. The number of aliphatic hydroxyl groups excluding tert-OH is 1. The number of carbonyl (C=O) groups is 1. The molecule has 1 aliphatic carbocycles. The molecule has 1 amide bonds. The monoisotopic (exact) mass is 293 g/mol. The van der Waals surface area contributed by atoms with Gasteiger partial charge in [-0.05, 0) is 12.8 Å². The average Bonchev–Trinajstić information content (AvgIpc) is 2.52. The number of hydrogen-bond donors (Lipinski definition) is 2. The Morgan fingerprint density at radius 3 is 2.81 bits per heavy atom. The van der Waals surface area contributed by atoms with E-state index in [0.717, 1.165) is 0 Å². The molecule has 21 heavy (non-hydrogen) atoms. The number of likely N-dealkylation sites (tertiary alicyclic amines) is 1. The molecule has 0 unspecified atom stereocenters. The number of nitrogens with one attached hydrogen (secondary N) is 1. The maximum atomic E-state index is 12.3. The van der Waals surface area contributed by atoms with Gasteiger partial charge in [0, 0.05) is 38.2 Å². The number of nitrogens with zero attached hydrogens (tertiary/aromatic N) is 2. The minimum atomic E-state index is -0.422. The summed E-state index contributed by atoms with van der Waals surface area (Å²) in [4.78, 5) is 31.8. The number of rotatable bonds is 2. The van der Waals surface area contributed by atoms with E-state index < -0.39 is 5.56 Å². The van der Waals surface area contributed by atoms with Gasteiger partial charge in [-0.1, -0.05) is 0 Å². The lowest BCUT2D eigenvalue weighted by Gasteiger charge is -2.56. The molecule has 1 saturated heterocycles. The van der Waals surface area contributed by atoms with Crippen LogP contribution in [0.15, 0.2) is 17.3 Å². The van der Waals surface area contributed by atoms with Crippen LogP contribution in [0, 0.1) is 5.41 Å². The molecule has 1 saturated carbocycles. The van der Waals surface area contributed by atoms with Gasteiger partial charge in [0.2, 0.25) is 0 Å². The van der Waals surface area contributed by atoms with E-state index in [-0.39, 0.29) is 29.1 Å². The number of hydrogen-bond acceptors (Lipinski definition) is 5. The Morgan fingerprint density at radius 1 is 1.52 bits per heavy atom. The third-order valence-electron chi connectivity index (χ3n) is 4.96. The van der Waals surface area contributed by atoms with Crippen molar-refractivity contribution in [1.29, 1.82) is 0 Å². The van der Waals surface area contributed by atoms with Crippen molar-refractivity contribution < 1.29 is 14.6 Å². The molecule has 1 aromatic rings. The molecule has 1 aromatic heterocycles. The Kier molecular flexibility index (Phi) is 3.54. The van der Waals surface area contributed by atoms with Gasteiger partial charge in [-0.25, -0.2) is 4.98 Å². The van der Waals surface area contributed by atoms with Crippen molar-refractivity contribution in [3.63, 3.8) is 0 Å². The van der Waals surface area contributed by atoms with E-state index in [4.69, 9.17) is 4.74 Å². The van der Waals surface area contributed by atoms with E-state index in [1.807, 2.05) is 0 Å². The fraction of sp³-hybridized carbons (Fsp3) is 0.643. The van der Waals surface area contributed by atoms with Gasteiger partial charge in [-0.15, -0.1) is 0 Å². The second kappa shape index (κ2) is 5.23. The summed E-state index contributed by atoms with van der Waals surface area (Å²) in [6.45, 7) is 1.04. The molecule has 2 atom stereocenters. The molecule has 2 aliphatic rings. The van der Waals surface area contributed by atoms with E-state index >= 15 is 0 Å². The topological polar surface area (TPSA) is 95.5 Å². The van der Waals surface area contributed by atoms with Crippen LogP contribution in [0.25, 0.3) is 0 Å². The smallest absolute Gasteiger partial charge is 0.263 e. The number of piperidine rings is 1. The number of aromatic nitrogens is 2. The number of H-pyrrole nitrogens is 1. The van der Waals surface area contributed by atoms with Crippen LogP contribution in [0.3, 0.4) is 0 Å². The van der Waals surface area contributed by atoms with Crippen LogP contribution in [0.4, 0.5) is 0 Å². The lowest BCUT2D eigenvalue weighted by molar-refractivity contribution is -0.199. The minimum Gasteiger partial charge on any atom is -0.392 e. The van der Waals surface area contributed by atoms with Crippen molar-refractivity contribution in [1.82, 2.24) is 14.9 Å². The van der Waals surface area contributed by atoms with Gasteiger partial charge in [-0.3, -0.25) is 9.59 Å². The first-order valence-electron chi connectivity index (χ1n) is 7.11. The summed E-state index contributed by atoms with van der Waals surface area (Å²) in [5.74, 6) is -0.304. The Bertz CT molecular complexity index is 592. The lowest BCUT2D eigenvalue weighted by Crippen LogP contribution is -2.62. The first-order chi connectivity index (χ1) is 10.1. The Morgan fingerprint density at radius 2 is 2.24 bits per heavy atom. The second-order valence-electron chi connectivity index (χ2n) is 5.80. The zero-order valence-corrected chi connectivity index (χ0v) is 11.9. The molecule has 2 N–H and O–H groups in total. The minimum absolute atomic E-state index is 0.0610. The van der Waals surface area contributed by atoms with Gasteiger partial charge in [-0.2, -0.15) is 0 Å². The third-order valence-corrected chi connectivity index (χ3v) is 4.96. The Hall–Kier alpha value is -1.73. The molecule has 2 fully saturated rings. The van der Waals surface area contributed by atoms with Gasteiger partial charge in [0.1, 0.15) is 5.56 Å². The zero-order valence-electron chi connectivity index (χ0n) is 11.9. The van der Waals surface area contributed by atoms with Crippen molar-refractivity contribution in [2.75, 3.05) is 20.2 Å². The summed E-state index contributed by atoms with van der Waals surface area (Å²) in [7, 11) is 1.66. The van der Waals surface area contributed by atoms with Gasteiger partial charge >= 0.3 is 0 Å². The zero-order chi connectivity index (χ0) is 15.0. The van der Waals surface area contributed by atoms with Crippen LogP contribution in [-0.2, 0) is 4.74 Å². The standard InChI is InChI=1S/C14H19N3O4/c1-21-11-6-10(18)14(11)2-4-17(5-3-14)13(20)9-7-15-8-16-12(9)19/h7-8,10-11,18H,2-6H2,1H3,(H,15,16,19)/t10-,11+/m0/s1. The fourth-order valence-electron chi connectivity index (χ4n) is 3.51. The molecule has 0 radical (unpaired) electrons. The molecule has 3 rings (SSSR count). The van der Waals surface area contributed by atoms with Gasteiger partial charge in [0.15, 0.2) is 0 Å². The molecule has 1 spiro atoms. The van der Waals surface area contributed by atoms with Crippen LogP contribution in [0.2, 0.25) is 0 Å². The number of ether oxygens (including phenoxy) is 1. The second-order valence-corrected chi connectivity index (χ2v) is 5.80. The fourth-order valence-corrected chi connectivity index (χ4v) is 3.51. The van der Waals surface area contributed by atoms with Crippen LogP contribution < -0.4 is 5.56 Å². The largest absolute Gasteiger partial charge is 0.392 e. The normalized spacial score (nSPS) is 27.4. The van der Waals surface area contributed by atoms with Crippen LogP contribution in [0.5, 0.6) is 0 Å². The highest BCUT2D eigenvalue weighted by molar-refractivity contribution is 5.93. The Balaban J connectivity index is 1.70. The predicted molar refractivity (Wildman–Crippen MR) is 73.8 cm³/mol. The first-order valence-corrected chi connectivity index (χ1v) is 7.11. The molecular weight excluding hydrogens is 274 g/mol. The lowest BCUT2D eigenvalue weighted by atomic mass is 9.58. The molecule has 1 aliphatic heterocycles. The molecule has 2 heterocycles. The van der Waals surface area contributed by atoms with Gasteiger partial charge in [0.05, 0.1) is 18.5 Å². The van der Waals surface area contributed by atoms with Crippen molar-refractivity contribution in [3.05, 3.63) is 28.4 Å². The van der Waals surface area contributed by atoms with E-state index in [9.17, 15) is 14.7 Å². The quantitative estimate of drug-likeness (QED) is 0.785. The van der Waals surface area contributed by atoms with E-state index in [0.29, 0.717) is 32.4 Å². The molecule has 0 aromatic carbocycles. The third kappa shape index (κ3) is 2.16. The number of amides is 1. The van der Waals surface area contributed by atoms with Crippen LogP contribution in [0.1, 0.15) is 29.6 Å². The highest BCUT2D eigenvalue weighted by atomic mass is 16.5. The van der Waals surface area contributed by atoms with E-state index in [2.05, 4.69) is 9.97 Å². The van der Waals surface area contributed by atoms with Crippen molar-refractivity contribution in [2.24, 2.45) is 5.41 Å². The summed E-state index contributed by atoms with van der Waals surface area (Å²) in [5, 5.41) is 10.1. The van der Waals surface area contributed by atoms with Gasteiger partial charge < -0.3 is 19.7 Å². The van der Waals surface area contributed by atoms with Gasteiger partial charge in [0.25, 0.3) is 11.5 Å². The number of aliphatic hydroxyl groups is 1. The first kappa shape index (κ1) is 14.2. The number of carbonyl (C=O) groups excluding carboxylic acids is 1. The van der Waals surface area contributed by atoms with E-state index in [1.54, 1.807) is 12.0 Å². The van der Waals surface area contributed by atoms with E-state index in [1.165, 1.54) is 12.5 Å². The number of aromatic amines is 1. The summed E-state index contributed by atoms with van der Waals surface area (Å²) in [6, 6.07) is 0. The number of methoxy groups -OCH3 is 1. The highest BCUT2D eigenvalue weighted by Gasteiger charge is 2.56. The SMILES string of the molecule is CO[C@@H]1C[C@H](O)C12CCN(C(=O)c1cnc[nH]c1=O)CC2. The summed E-state index contributed by atoms with van der Waals surface area (Å²) in [5.41, 5.74) is -0.591. The summed E-state index contributed by atoms with van der Waals surface area (Å²) in [6.07, 6.45) is 4.30. The van der Waals surface area contributed by atoms with Crippen LogP contribution >= 0.6 is 0 Å². The van der Waals surface area contributed by atoms with Crippen molar-refractivity contribution in [3.8, 4) is 0 Å². The maximum Gasteiger partial charge on any atom is 0.263 e. The highest BCUT2D eigenvalue weighted by Crippen LogP contribution is 2.50. The summed E-state index contributed by atoms with van der Waals surface area (Å²) >= 11 is 0. The van der Waals surface area contributed by atoms with Crippen molar-refractivity contribution >= 4 is 5.91 Å². The molecular formula is C14H19N3O4. The Labute approximate surface area is 121 Å². The molecule has 7 heteroatoms. The van der Waals surface area contributed by atoms with Crippen LogP contribution in [-0.4, -0.2) is 58.3 Å².